The number of nitriles is 1. The monoisotopic (exact) mass is 489 g/mol. The minimum absolute atomic E-state index is 0.0550. The summed E-state index contributed by atoms with van der Waals surface area (Å²) in [5.41, 5.74) is 5.83. The molecule has 3 aromatic carbocycles. The van der Waals surface area contributed by atoms with Gasteiger partial charge in [-0.3, -0.25) is 9.69 Å². The Morgan fingerprint density at radius 1 is 1.00 bits per heavy atom. The predicted octanol–water partition coefficient (Wildman–Crippen LogP) is 6.37. The predicted molar refractivity (Wildman–Crippen MR) is 137 cm³/mol. The van der Waals surface area contributed by atoms with Gasteiger partial charge in [0.15, 0.2) is 0 Å². The van der Waals surface area contributed by atoms with Crippen molar-refractivity contribution in [1.82, 2.24) is 4.90 Å². The quantitative estimate of drug-likeness (QED) is 0.429. The fourth-order valence-electron chi connectivity index (χ4n) is 5.31. The minimum atomic E-state index is -0.0635. The Balaban J connectivity index is 1.38. The number of hydrogen-bond acceptors (Lipinski definition) is 3. The first kappa shape index (κ1) is 22.9. The van der Waals surface area contributed by atoms with E-state index in [9.17, 15) is 4.79 Å². The smallest absolute Gasteiger partial charge is 0.258 e. The van der Waals surface area contributed by atoms with E-state index in [4.69, 9.17) is 28.5 Å². The van der Waals surface area contributed by atoms with Gasteiger partial charge in [-0.1, -0.05) is 53.0 Å². The fraction of sp³-hybridized carbons (Fsp3) is 0.286. The van der Waals surface area contributed by atoms with Crippen LogP contribution in [0.25, 0.3) is 0 Å². The summed E-state index contributed by atoms with van der Waals surface area (Å²) < 4.78 is 0. The number of likely N-dealkylation sites (tertiary alicyclic amines) is 1. The Morgan fingerprint density at radius 2 is 1.68 bits per heavy atom. The van der Waals surface area contributed by atoms with Gasteiger partial charge in [0.05, 0.1) is 11.6 Å². The average molecular weight is 490 g/mol. The number of aryl methyl sites for hydroxylation is 1. The van der Waals surface area contributed by atoms with Crippen LogP contribution in [-0.2, 0) is 12.0 Å². The second-order valence-electron chi connectivity index (χ2n) is 9.44. The number of hydrogen-bond donors (Lipinski definition) is 0. The normalized spacial score (nSPS) is 16.9. The van der Waals surface area contributed by atoms with E-state index in [1.165, 1.54) is 16.7 Å². The molecule has 3 aromatic rings. The highest BCUT2D eigenvalue weighted by Crippen LogP contribution is 2.48. The number of carbonyl (C=O) groups excluding carboxylic acids is 1. The van der Waals surface area contributed by atoms with Crippen molar-refractivity contribution in [3.63, 3.8) is 0 Å². The molecule has 4 nitrogen and oxygen atoms in total. The maximum atomic E-state index is 13.6. The largest absolute Gasteiger partial charge is 0.307 e. The number of anilines is 1. The lowest BCUT2D eigenvalue weighted by Gasteiger charge is -2.40. The molecule has 2 heterocycles. The van der Waals surface area contributed by atoms with Crippen LogP contribution in [0.3, 0.4) is 0 Å². The molecule has 34 heavy (non-hydrogen) atoms. The van der Waals surface area contributed by atoms with Crippen LogP contribution >= 0.6 is 23.2 Å². The van der Waals surface area contributed by atoms with E-state index >= 15 is 0 Å². The van der Waals surface area contributed by atoms with Crippen LogP contribution in [0.2, 0.25) is 10.0 Å². The molecule has 1 saturated heterocycles. The summed E-state index contributed by atoms with van der Waals surface area (Å²) in [6.07, 6.45) is 1.97. The molecule has 1 fully saturated rings. The summed E-state index contributed by atoms with van der Waals surface area (Å²) in [5, 5.41) is 9.95. The van der Waals surface area contributed by atoms with E-state index in [0.29, 0.717) is 27.7 Å². The maximum Gasteiger partial charge on any atom is 0.258 e. The molecule has 0 unspecified atom stereocenters. The van der Waals surface area contributed by atoms with Gasteiger partial charge >= 0.3 is 0 Å². The summed E-state index contributed by atoms with van der Waals surface area (Å²) in [7, 11) is 0. The van der Waals surface area contributed by atoms with Crippen LogP contribution in [0.15, 0.2) is 60.7 Å². The van der Waals surface area contributed by atoms with Crippen LogP contribution in [0.1, 0.15) is 45.5 Å². The van der Waals surface area contributed by atoms with Gasteiger partial charge < -0.3 is 4.90 Å². The van der Waals surface area contributed by atoms with Crippen LogP contribution in [0, 0.1) is 18.3 Å². The van der Waals surface area contributed by atoms with Gasteiger partial charge in [-0.05, 0) is 80.4 Å². The molecule has 1 amide bonds. The zero-order valence-corrected chi connectivity index (χ0v) is 20.5. The number of fused-ring (bicyclic) bond motifs is 2. The molecule has 172 valence electrons. The van der Waals surface area contributed by atoms with Crippen LogP contribution in [-0.4, -0.2) is 30.4 Å². The molecule has 6 heteroatoms. The van der Waals surface area contributed by atoms with E-state index in [1.807, 2.05) is 29.2 Å². The van der Waals surface area contributed by atoms with E-state index in [1.54, 1.807) is 18.2 Å². The van der Waals surface area contributed by atoms with Crippen molar-refractivity contribution < 1.29 is 4.79 Å². The second-order valence-corrected chi connectivity index (χ2v) is 10.3. The molecular formula is C28H25Cl2N3O. The third-order valence-corrected chi connectivity index (χ3v) is 7.57. The first-order chi connectivity index (χ1) is 16.4. The van der Waals surface area contributed by atoms with E-state index < -0.39 is 0 Å². The first-order valence-electron chi connectivity index (χ1n) is 11.5. The summed E-state index contributed by atoms with van der Waals surface area (Å²) >= 11 is 12.4. The highest BCUT2D eigenvalue weighted by molar-refractivity contribution is 6.35. The zero-order valence-electron chi connectivity index (χ0n) is 19.0. The minimum Gasteiger partial charge on any atom is -0.307 e. The van der Waals surface area contributed by atoms with E-state index in [0.717, 1.165) is 38.2 Å². The van der Waals surface area contributed by atoms with Gasteiger partial charge in [0.1, 0.15) is 0 Å². The van der Waals surface area contributed by atoms with Gasteiger partial charge in [0.2, 0.25) is 0 Å². The van der Waals surface area contributed by atoms with E-state index in [-0.39, 0.29) is 11.3 Å². The number of carbonyl (C=O) groups is 1. The first-order valence-corrected chi connectivity index (χ1v) is 12.2. The summed E-state index contributed by atoms with van der Waals surface area (Å²) in [6, 6.07) is 21.4. The number of benzene rings is 3. The Kier molecular flexibility index (Phi) is 6.12. The lowest BCUT2D eigenvalue weighted by Crippen LogP contribution is -2.45. The van der Waals surface area contributed by atoms with Gasteiger partial charge in [-0.25, -0.2) is 0 Å². The number of piperidine rings is 1. The van der Waals surface area contributed by atoms with Crippen molar-refractivity contribution >= 4 is 34.8 Å². The third-order valence-electron chi connectivity index (χ3n) is 7.13. The average Bonchev–Trinajstić information content (AvgIpc) is 3.13. The van der Waals surface area contributed by atoms with Crippen LogP contribution in [0.5, 0.6) is 0 Å². The molecule has 0 bridgehead atoms. The van der Waals surface area contributed by atoms with Crippen molar-refractivity contribution in [2.45, 2.75) is 31.7 Å². The van der Waals surface area contributed by atoms with Crippen molar-refractivity contribution in [1.29, 1.82) is 5.26 Å². The highest BCUT2D eigenvalue weighted by Gasteiger charge is 2.46. The van der Waals surface area contributed by atoms with Gasteiger partial charge in [-0.15, -0.1) is 0 Å². The molecule has 2 aliphatic rings. The molecule has 2 aliphatic heterocycles. The topological polar surface area (TPSA) is 47.3 Å². The van der Waals surface area contributed by atoms with Gasteiger partial charge in [0.25, 0.3) is 5.91 Å². The SMILES string of the molecule is Cc1ccc2c(c1)C1(CCN(Cc3ccc(C#N)cc3)CC1)CN2C(=O)c1cc(Cl)cc(Cl)c1. The standard InChI is InChI=1S/C28H25Cl2N3O/c1-19-2-7-26-25(12-19)28(18-33(26)27(34)22-13-23(29)15-24(30)14-22)8-10-32(11-9-28)17-21-5-3-20(16-31)4-6-21/h2-7,12-15H,8-11,17-18H2,1H3. The molecule has 1 spiro atoms. The van der Waals surface area contributed by atoms with Crippen LogP contribution < -0.4 is 4.90 Å². The number of amides is 1. The lowest BCUT2D eigenvalue weighted by molar-refractivity contribution is 0.0975. The molecule has 0 N–H and O–H groups in total. The van der Waals surface area contributed by atoms with Crippen molar-refractivity contribution in [2.75, 3.05) is 24.5 Å². The van der Waals surface area contributed by atoms with Crippen molar-refractivity contribution in [2.24, 2.45) is 0 Å². The van der Waals surface area contributed by atoms with Crippen LogP contribution in [0.4, 0.5) is 5.69 Å². The third kappa shape index (κ3) is 4.32. The molecule has 5 rings (SSSR count). The van der Waals surface area contributed by atoms with E-state index in [2.05, 4.69) is 36.1 Å². The van der Waals surface area contributed by atoms with Gasteiger partial charge in [-0.2, -0.15) is 5.26 Å². The summed E-state index contributed by atoms with van der Waals surface area (Å²) in [5.74, 6) is -0.0635. The Morgan fingerprint density at radius 3 is 2.32 bits per heavy atom. The number of nitrogens with zero attached hydrogens (tertiary/aromatic N) is 3. The molecular weight excluding hydrogens is 465 g/mol. The molecule has 0 radical (unpaired) electrons. The Labute approximate surface area is 210 Å². The maximum absolute atomic E-state index is 13.6. The highest BCUT2D eigenvalue weighted by atomic mass is 35.5. The molecule has 0 aliphatic carbocycles. The summed E-state index contributed by atoms with van der Waals surface area (Å²) in [6.45, 7) is 5.55. The molecule has 0 aromatic heterocycles. The number of rotatable bonds is 3. The second kappa shape index (κ2) is 9.07. The van der Waals surface area contributed by atoms with Gasteiger partial charge in [0, 0.05) is 39.8 Å². The van der Waals surface area contributed by atoms with Crippen molar-refractivity contribution in [3.8, 4) is 6.07 Å². The molecule has 0 saturated carbocycles. The fourth-order valence-corrected chi connectivity index (χ4v) is 5.83. The molecule has 0 atom stereocenters. The van der Waals surface area contributed by atoms with Crippen molar-refractivity contribution in [3.05, 3.63) is 98.5 Å². The zero-order chi connectivity index (χ0) is 23.9. The summed E-state index contributed by atoms with van der Waals surface area (Å²) in [4.78, 5) is 17.9. The number of halogens is 2. The lowest BCUT2D eigenvalue weighted by atomic mass is 9.74. The Bertz CT molecular complexity index is 1270. The Hall–Kier alpha value is -2.84.